The summed E-state index contributed by atoms with van der Waals surface area (Å²) in [7, 11) is 0. The van der Waals surface area contributed by atoms with E-state index in [2.05, 4.69) is 56.0 Å². The van der Waals surface area contributed by atoms with Crippen LogP contribution in [0.15, 0.2) is 82.3 Å². The summed E-state index contributed by atoms with van der Waals surface area (Å²) >= 11 is 6.87. The molecule has 0 bridgehead atoms. The number of hydrogen-bond acceptors (Lipinski definition) is 3. The summed E-state index contributed by atoms with van der Waals surface area (Å²) in [4.78, 5) is 18.1. The van der Waals surface area contributed by atoms with E-state index < -0.39 is 0 Å². The average molecular weight is 497 g/mol. The van der Waals surface area contributed by atoms with Crippen molar-refractivity contribution in [3.8, 4) is 0 Å². The highest BCUT2D eigenvalue weighted by atomic mass is 79.9. The maximum atomic E-state index is 12.9. The van der Waals surface area contributed by atoms with Gasteiger partial charge in [0.2, 0.25) is 0 Å². The molecular weight excluding hydrogens is 476 g/mol. The number of carbonyl (C=O) groups excluding carboxylic acids is 1. The van der Waals surface area contributed by atoms with E-state index in [-0.39, 0.29) is 5.91 Å². The van der Waals surface area contributed by atoms with Gasteiger partial charge in [-0.2, -0.15) is 16.8 Å². The van der Waals surface area contributed by atoms with E-state index in [0.717, 1.165) is 38.2 Å². The fourth-order valence-corrected chi connectivity index (χ4v) is 5.25. The quantitative estimate of drug-likeness (QED) is 0.320. The van der Waals surface area contributed by atoms with Crippen LogP contribution in [0, 0.1) is 0 Å². The summed E-state index contributed by atoms with van der Waals surface area (Å²) in [6.07, 6.45) is 2.94. The van der Waals surface area contributed by atoms with Crippen LogP contribution in [0.2, 0.25) is 0 Å². The second kappa shape index (κ2) is 9.77. The summed E-state index contributed by atoms with van der Waals surface area (Å²) in [5, 5.41) is 0. The van der Waals surface area contributed by atoms with E-state index in [4.69, 9.17) is 0 Å². The average Bonchev–Trinajstić information content (AvgIpc) is 3.09. The van der Waals surface area contributed by atoms with Crippen LogP contribution < -0.4 is 4.80 Å². The van der Waals surface area contributed by atoms with Crippen LogP contribution in [0.5, 0.6) is 0 Å². The number of fused-ring (bicyclic) bond motifs is 1. The van der Waals surface area contributed by atoms with E-state index in [1.807, 2.05) is 48.5 Å². The smallest absolute Gasteiger partial charge is 0.279 e. The molecule has 0 radical (unpaired) electrons. The van der Waals surface area contributed by atoms with Crippen LogP contribution in [-0.4, -0.2) is 22.5 Å². The Morgan fingerprint density at radius 1 is 1.03 bits per heavy atom. The molecule has 0 aliphatic heterocycles. The third-order valence-electron chi connectivity index (χ3n) is 4.81. The zero-order chi connectivity index (χ0) is 20.9. The number of rotatable bonds is 6. The molecular formula is C24H21BrN2OS2. The van der Waals surface area contributed by atoms with Crippen molar-refractivity contribution in [2.24, 2.45) is 4.99 Å². The number of nitrogens with zero attached hydrogens (tertiary/aromatic N) is 2. The minimum atomic E-state index is -0.204. The summed E-state index contributed by atoms with van der Waals surface area (Å²) in [5.41, 5.74) is 4.16. The maximum Gasteiger partial charge on any atom is 0.279 e. The first-order chi connectivity index (χ1) is 14.6. The standard InChI is InChI=1S/C24H21BrN2OS2/c1-29-14-13-27-21-12-11-20(25)16-22(21)30-24(27)26-23(28)19-9-7-18(8-10-19)15-17-5-3-2-4-6-17/h2-12,16H,13-15H2,1H3. The minimum absolute atomic E-state index is 0.204. The van der Waals surface area contributed by atoms with Crippen molar-refractivity contribution >= 4 is 55.2 Å². The predicted octanol–water partition coefficient (Wildman–Crippen LogP) is 6.16. The van der Waals surface area contributed by atoms with Crippen molar-refractivity contribution in [1.82, 2.24) is 4.57 Å². The van der Waals surface area contributed by atoms with E-state index in [1.54, 1.807) is 23.1 Å². The number of thioether (sulfide) groups is 1. The second-order valence-corrected chi connectivity index (χ2v) is 9.83. The third kappa shape index (κ3) is 4.94. The molecule has 0 atom stereocenters. The zero-order valence-corrected chi connectivity index (χ0v) is 19.8. The molecule has 0 saturated carbocycles. The number of thiazole rings is 1. The van der Waals surface area contributed by atoms with Gasteiger partial charge < -0.3 is 4.57 Å². The number of amides is 1. The Bertz CT molecular complexity index is 1230. The lowest BCUT2D eigenvalue weighted by Gasteiger charge is -2.04. The van der Waals surface area contributed by atoms with Gasteiger partial charge in [-0.1, -0.05) is 69.7 Å². The van der Waals surface area contributed by atoms with Crippen molar-refractivity contribution < 1.29 is 4.79 Å². The SMILES string of the molecule is CSCCn1c(=NC(=O)c2ccc(Cc3ccccc3)cc2)sc2cc(Br)ccc21. The molecule has 4 rings (SSSR count). The monoisotopic (exact) mass is 496 g/mol. The van der Waals surface area contributed by atoms with Crippen LogP contribution in [0.25, 0.3) is 10.2 Å². The number of halogens is 1. The molecule has 0 spiro atoms. The lowest BCUT2D eigenvalue weighted by Crippen LogP contribution is -2.18. The van der Waals surface area contributed by atoms with Crippen LogP contribution in [0.1, 0.15) is 21.5 Å². The molecule has 30 heavy (non-hydrogen) atoms. The van der Waals surface area contributed by atoms with E-state index in [1.165, 1.54) is 11.1 Å². The van der Waals surface area contributed by atoms with Crippen LogP contribution in [0.3, 0.4) is 0 Å². The van der Waals surface area contributed by atoms with Crippen molar-refractivity contribution in [2.75, 3.05) is 12.0 Å². The fourth-order valence-electron chi connectivity index (χ4n) is 3.28. The molecule has 0 unspecified atom stereocenters. The van der Waals surface area contributed by atoms with Crippen molar-refractivity contribution in [1.29, 1.82) is 0 Å². The van der Waals surface area contributed by atoms with Gasteiger partial charge in [-0.15, -0.1) is 0 Å². The third-order valence-corrected chi connectivity index (χ3v) is 6.94. The molecule has 1 heterocycles. The van der Waals surface area contributed by atoms with E-state index in [0.29, 0.717) is 5.56 Å². The van der Waals surface area contributed by atoms with Gasteiger partial charge in [0.1, 0.15) is 0 Å². The normalized spacial score (nSPS) is 11.9. The first kappa shape index (κ1) is 21.1. The molecule has 1 amide bonds. The molecule has 0 fully saturated rings. The van der Waals surface area contributed by atoms with Gasteiger partial charge in [0.05, 0.1) is 10.2 Å². The van der Waals surface area contributed by atoms with Gasteiger partial charge >= 0.3 is 0 Å². The Morgan fingerprint density at radius 2 is 1.77 bits per heavy atom. The molecule has 0 saturated heterocycles. The summed E-state index contributed by atoms with van der Waals surface area (Å²) in [6.45, 7) is 0.824. The van der Waals surface area contributed by atoms with Crippen LogP contribution >= 0.6 is 39.0 Å². The topological polar surface area (TPSA) is 34.4 Å². The van der Waals surface area contributed by atoms with Crippen molar-refractivity contribution in [3.63, 3.8) is 0 Å². The fraction of sp³-hybridized carbons (Fsp3) is 0.167. The van der Waals surface area contributed by atoms with Gasteiger partial charge in [-0.05, 0) is 54.1 Å². The van der Waals surface area contributed by atoms with Gasteiger partial charge in [0, 0.05) is 22.3 Å². The molecule has 3 aromatic carbocycles. The van der Waals surface area contributed by atoms with E-state index in [9.17, 15) is 4.79 Å². The Labute approximate surface area is 192 Å². The number of carbonyl (C=O) groups is 1. The predicted molar refractivity (Wildman–Crippen MR) is 131 cm³/mol. The Morgan fingerprint density at radius 3 is 2.50 bits per heavy atom. The van der Waals surface area contributed by atoms with Crippen LogP contribution in [0.4, 0.5) is 0 Å². The lowest BCUT2D eigenvalue weighted by atomic mass is 10.0. The minimum Gasteiger partial charge on any atom is -0.316 e. The highest BCUT2D eigenvalue weighted by Crippen LogP contribution is 2.22. The molecule has 6 heteroatoms. The van der Waals surface area contributed by atoms with E-state index >= 15 is 0 Å². The Hall–Kier alpha value is -2.15. The number of aromatic nitrogens is 1. The number of hydrogen-bond donors (Lipinski definition) is 0. The largest absolute Gasteiger partial charge is 0.316 e. The lowest BCUT2D eigenvalue weighted by molar-refractivity contribution is 0.0998. The number of aryl methyl sites for hydroxylation is 1. The van der Waals surface area contributed by atoms with Gasteiger partial charge in [-0.25, -0.2) is 0 Å². The van der Waals surface area contributed by atoms with Crippen LogP contribution in [-0.2, 0) is 13.0 Å². The maximum absolute atomic E-state index is 12.9. The summed E-state index contributed by atoms with van der Waals surface area (Å²) in [5.74, 6) is 0.766. The molecule has 152 valence electrons. The highest BCUT2D eigenvalue weighted by molar-refractivity contribution is 9.10. The zero-order valence-electron chi connectivity index (χ0n) is 16.5. The Kier molecular flexibility index (Phi) is 6.87. The highest BCUT2D eigenvalue weighted by Gasteiger charge is 2.10. The molecule has 0 aliphatic rings. The van der Waals surface area contributed by atoms with Gasteiger partial charge in [0.25, 0.3) is 5.91 Å². The first-order valence-electron chi connectivity index (χ1n) is 9.64. The Balaban J connectivity index is 1.62. The molecule has 4 aromatic rings. The molecule has 0 aliphatic carbocycles. The molecule has 1 aromatic heterocycles. The van der Waals surface area contributed by atoms with Crippen molar-refractivity contribution in [3.05, 3.63) is 98.8 Å². The summed E-state index contributed by atoms with van der Waals surface area (Å²) in [6, 6.07) is 24.3. The summed E-state index contributed by atoms with van der Waals surface area (Å²) < 4.78 is 4.29. The van der Waals surface area contributed by atoms with Crippen molar-refractivity contribution in [2.45, 2.75) is 13.0 Å². The van der Waals surface area contributed by atoms with Gasteiger partial charge in [-0.3, -0.25) is 4.79 Å². The molecule has 3 nitrogen and oxygen atoms in total. The molecule has 0 N–H and O–H groups in total. The van der Waals surface area contributed by atoms with Gasteiger partial charge in [0.15, 0.2) is 4.80 Å². The second-order valence-electron chi connectivity index (χ2n) is 6.92. The number of benzene rings is 3. The first-order valence-corrected chi connectivity index (χ1v) is 12.6.